The lowest BCUT2D eigenvalue weighted by molar-refractivity contribution is 1.26. The summed E-state index contributed by atoms with van der Waals surface area (Å²) in [6.07, 6.45) is 3.60. The molecule has 52 heavy (non-hydrogen) atoms. The average Bonchev–Trinajstić information content (AvgIpc) is 3.23. The number of hydrogen-bond donors (Lipinski definition) is 0. The zero-order valence-electron chi connectivity index (χ0n) is 28.1. The Labute approximate surface area is 300 Å². The predicted octanol–water partition coefficient (Wildman–Crippen LogP) is 12.2. The van der Waals surface area contributed by atoms with Crippen LogP contribution in [0.5, 0.6) is 0 Å². The number of benzene rings is 6. The zero-order valence-corrected chi connectivity index (χ0v) is 28.1. The summed E-state index contributed by atoms with van der Waals surface area (Å²) in [5.41, 5.74) is 12.0. The highest BCUT2D eigenvalue weighted by molar-refractivity contribution is 6.21. The molecule has 0 saturated carbocycles. The number of hydrogen-bond acceptors (Lipinski definition) is 4. The summed E-state index contributed by atoms with van der Waals surface area (Å²) in [4.78, 5) is 19.6. The van der Waals surface area contributed by atoms with Crippen molar-refractivity contribution in [2.24, 2.45) is 0 Å². The lowest BCUT2D eigenvalue weighted by Crippen LogP contribution is -1.95. The second kappa shape index (κ2) is 12.4. The maximum atomic E-state index is 5.25. The Morgan fingerprint density at radius 2 is 0.827 bits per heavy atom. The van der Waals surface area contributed by atoms with Crippen LogP contribution in [0.4, 0.5) is 0 Å². The van der Waals surface area contributed by atoms with Crippen molar-refractivity contribution >= 4 is 43.4 Å². The van der Waals surface area contributed by atoms with E-state index in [1.165, 1.54) is 43.8 Å². The third-order valence-corrected chi connectivity index (χ3v) is 9.95. The minimum atomic E-state index is 0.807. The van der Waals surface area contributed by atoms with Gasteiger partial charge in [0.1, 0.15) is 0 Å². The van der Waals surface area contributed by atoms with E-state index in [4.69, 9.17) is 9.97 Å². The molecule has 0 atom stereocenters. The molecule has 0 unspecified atom stereocenters. The van der Waals surface area contributed by atoms with Gasteiger partial charge in [-0.3, -0.25) is 9.97 Å². The number of aromatic nitrogens is 4. The van der Waals surface area contributed by atoms with Gasteiger partial charge in [0.25, 0.3) is 0 Å². The van der Waals surface area contributed by atoms with Crippen molar-refractivity contribution in [1.82, 2.24) is 19.9 Å². The monoisotopic (exact) mass is 662 g/mol. The zero-order chi connectivity index (χ0) is 34.4. The maximum Gasteiger partial charge on any atom is 0.0979 e. The van der Waals surface area contributed by atoms with Crippen molar-refractivity contribution in [1.29, 1.82) is 0 Å². The van der Waals surface area contributed by atoms with E-state index in [1.807, 2.05) is 42.5 Å². The summed E-state index contributed by atoms with van der Waals surface area (Å²) in [6.45, 7) is 0. The fourth-order valence-electron chi connectivity index (χ4n) is 7.62. The molecule has 4 heteroatoms. The SMILES string of the molecule is c1ccc(-c2c3ccccc3c(-c3cccc(-c4cc5ccc(-c6ccccn6)nc5c5nc(-c6ccccn6)ccc45)c3)c3ccccc23)cc1. The Hall–Kier alpha value is -7.04. The smallest absolute Gasteiger partial charge is 0.0979 e. The van der Waals surface area contributed by atoms with Gasteiger partial charge in [-0.25, -0.2) is 9.97 Å². The van der Waals surface area contributed by atoms with Crippen LogP contribution in [0.1, 0.15) is 0 Å². The normalized spacial score (nSPS) is 11.5. The predicted molar refractivity (Wildman–Crippen MR) is 215 cm³/mol. The molecule has 0 aliphatic carbocycles. The highest BCUT2D eigenvalue weighted by Gasteiger charge is 2.18. The molecule has 0 aliphatic heterocycles. The summed E-state index contributed by atoms with van der Waals surface area (Å²) in [5, 5.41) is 6.99. The molecule has 4 aromatic heterocycles. The first-order valence-corrected chi connectivity index (χ1v) is 17.5. The lowest BCUT2D eigenvalue weighted by atomic mass is 9.85. The molecule has 0 N–H and O–H groups in total. The molecular weight excluding hydrogens is 633 g/mol. The molecule has 0 radical (unpaired) electrons. The van der Waals surface area contributed by atoms with Crippen molar-refractivity contribution in [3.05, 3.63) is 182 Å². The molecule has 0 bridgehead atoms. The summed E-state index contributed by atoms with van der Waals surface area (Å²) >= 11 is 0. The van der Waals surface area contributed by atoms with E-state index in [9.17, 15) is 0 Å². The maximum absolute atomic E-state index is 5.25. The molecule has 10 rings (SSSR count). The van der Waals surface area contributed by atoms with Gasteiger partial charge in [-0.1, -0.05) is 115 Å². The fraction of sp³-hybridized carbons (Fsp3) is 0. The summed E-state index contributed by atoms with van der Waals surface area (Å²) < 4.78 is 0. The topological polar surface area (TPSA) is 51.6 Å². The second-order valence-electron chi connectivity index (χ2n) is 13.0. The van der Waals surface area contributed by atoms with Crippen molar-refractivity contribution in [3.8, 4) is 56.2 Å². The highest BCUT2D eigenvalue weighted by atomic mass is 14.8. The van der Waals surface area contributed by atoms with Crippen LogP contribution in [0.15, 0.2) is 182 Å². The first-order chi connectivity index (χ1) is 25.8. The molecule has 0 amide bonds. The first-order valence-electron chi connectivity index (χ1n) is 17.5. The molecule has 0 fully saturated rings. The van der Waals surface area contributed by atoms with Crippen LogP contribution in [0.2, 0.25) is 0 Å². The Morgan fingerprint density at radius 3 is 1.44 bits per heavy atom. The van der Waals surface area contributed by atoms with Crippen LogP contribution in [-0.4, -0.2) is 19.9 Å². The van der Waals surface area contributed by atoms with E-state index in [-0.39, 0.29) is 0 Å². The molecular formula is C48H30N4. The molecule has 4 nitrogen and oxygen atoms in total. The molecule has 0 aliphatic rings. The van der Waals surface area contributed by atoms with Gasteiger partial charge in [-0.15, -0.1) is 0 Å². The number of fused-ring (bicyclic) bond motifs is 5. The summed E-state index contributed by atoms with van der Waals surface area (Å²) in [6, 6.07) is 59.8. The molecule has 0 saturated heterocycles. The van der Waals surface area contributed by atoms with Gasteiger partial charge in [-0.05, 0) is 110 Å². The Balaban J connectivity index is 1.22. The van der Waals surface area contributed by atoms with E-state index < -0.39 is 0 Å². The summed E-state index contributed by atoms with van der Waals surface area (Å²) in [5.74, 6) is 0. The average molecular weight is 663 g/mol. The third kappa shape index (κ3) is 5.00. The fourth-order valence-corrected chi connectivity index (χ4v) is 7.62. The van der Waals surface area contributed by atoms with Gasteiger partial charge < -0.3 is 0 Å². The minimum Gasteiger partial charge on any atom is -0.255 e. The standard InChI is InChI=1S/C48H30N4/c1-2-13-31(14-3-1)45-35-17-4-6-19-37(35)46(38-20-7-5-18-36(38)45)33-16-12-15-32(29-33)40-30-34-23-25-43(41-21-8-10-27-49-41)51-47(34)48-39(40)24-26-44(52-48)42-22-9-11-28-50-42/h1-30H. The van der Waals surface area contributed by atoms with E-state index in [1.54, 1.807) is 12.4 Å². The minimum absolute atomic E-state index is 0.807. The number of nitrogens with zero attached hydrogens (tertiary/aromatic N) is 4. The van der Waals surface area contributed by atoms with Gasteiger partial charge in [0.15, 0.2) is 0 Å². The molecule has 6 aromatic carbocycles. The Morgan fingerprint density at radius 1 is 0.308 bits per heavy atom. The van der Waals surface area contributed by atoms with Crippen molar-refractivity contribution in [3.63, 3.8) is 0 Å². The van der Waals surface area contributed by atoms with Gasteiger partial charge in [0.05, 0.1) is 33.8 Å². The van der Waals surface area contributed by atoms with Crippen LogP contribution in [0.25, 0.3) is 99.5 Å². The van der Waals surface area contributed by atoms with Crippen LogP contribution >= 0.6 is 0 Å². The van der Waals surface area contributed by atoms with E-state index in [2.05, 4.69) is 137 Å². The summed E-state index contributed by atoms with van der Waals surface area (Å²) in [7, 11) is 0. The molecule has 0 spiro atoms. The van der Waals surface area contributed by atoms with Crippen LogP contribution in [0.3, 0.4) is 0 Å². The van der Waals surface area contributed by atoms with Crippen molar-refractivity contribution in [2.75, 3.05) is 0 Å². The lowest BCUT2D eigenvalue weighted by Gasteiger charge is -2.18. The Kier molecular flexibility index (Phi) is 7.10. The van der Waals surface area contributed by atoms with Crippen LogP contribution < -0.4 is 0 Å². The van der Waals surface area contributed by atoms with E-state index in [0.29, 0.717) is 0 Å². The quantitative estimate of drug-likeness (QED) is 0.136. The highest BCUT2D eigenvalue weighted by Crippen LogP contribution is 2.45. The first kappa shape index (κ1) is 29.8. The number of pyridine rings is 4. The van der Waals surface area contributed by atoms with Gasteiger partial charge in [0, 0.05) is 23.2 Å². The molecule has 4 heterocycles. The number of rotatable bonds is 5. The van der Waals surface area contributed by atoms with Gasteiger partial charge in [0.2, 0.25) is 0 Å². The largest absolute Gasteiger partial charge is 0.255 e. The van der Waals surface area contributed by atoms with Crippen molar-refractivity contribution < 1.29 is 0 Å². The van der Waals surface area contributed by atoms with E-state index in [0.717, 1.165) is 55.7 Å². The van der Waals surface area contributed by atoms with Crippen molar-refractivity contribution in [2.45, 2.75) is 0 Å². The third-order valence-electron chi connectivity index (χ3n) is 9.95. The van der Waals surface area contributed by atoms with Gasteiger partial charge in [-0.2, -0.15) is 0 Å². The second-order valence-corrected chi connectivity index (χ2v) is 13.0. The molecule has 10 aromatic rings. The van der Waals surface area contributed by atoms with Crippen LogP contribution in [0, 0.1) is 0 Å². The van der Waals surface area contributed by atoms with Crippen LogP contribution in [-0.2, 0) is 0 Å². The van der Waals surface area contributed by atoms with Gasteiger partial charge >= 0.3 is 0 Å². The Bertz CT molecular complexity index is 2880. The molecule has 242 valence electrons. The van der Waals surface area contributed by atoms with E-state index >= 15 is 0 Å².